The fraction of sp³-hybridized carbons (Fsp3) is 0.250. The van der Waals surface area contributed by atoms with Gasteiger partial charge in [0.05, 0.1) is 17.7 Å². The van der Waals surface area contributed by atoms with Crippen LogP contribution in [0, 0.1) is 0 Å². The first kappa shape index (κ1) is 12.9. The number of rotatable bonds is 4. The fourth-order valence-electron chi connectivity index (χ4n) is 1.65. The predicted molar refractivity (Wildman–Crippen MR) is 77.9 cm³/mol. The van der Waals surface area contributed by atoms with Crippen LogP contribution in [-0.2, 0) is 12.4 Å². The molecule has 2 rings (SSSR count). The smallest absolute Gasteiger partial charge is 0.0795 e. The normalized spacial score (nSPS) is 10.5. The van der Waals surface area contributed by atoms with E-state index in [1.54, 1.807) is 11.3 Å². The Kier molecular flexibility index (Phi) is 4.42. The van der Waals surface area contributed by atoms with E-state index >= 15 is 0 Å². The number of thiazole rings is 1. The molecule has 1 aromatic heterocycles. The van der Waals surface area contributed by atoms with E-state index < -0.39 is 0 Å². The van der Waals surface area contributed by atoms with Gasteiger partial charge >= 0.3 is 0 Å². The van der Waals surface area contributed by atoms with Gasteiger partial charge in [-0.2, -0.15) is 0 Å². The minimum Gasteiger partial charge on any atom is -0.368 e. The molecule has 1 heterocycles. The lowest BCUT2D eigenvalue weighted by molar-refractivity contribution is 0.888. The highest BCUT2D eigenvalue weighted by Crippen LogP contribution is 2.26. The second kappa shape index (κ2) is 5.85. The molecule has 1 aromatic carbocycles. The van der Waals surface area contributed by atoms with Crippen LogP contribution in [0.3, 0.4) is 0 Å². The minimum absolute atomic E-state index is 0.518. The van der Waals surface area contributed by atoms with E-state index in [0.29, 0.717) is 5.88 Å². The molecule has 0 aliphatic carbocycles. The van der Waals surface area contributed by atoms with Crippen LogP contribution in [0.4, 0.5) is 5.69 Å². The first-order valence-corrected chi connectivity index (χ1v) is 7.40. The van der Waals surface area contributed by atoms with Crippen molar-refractivity contribution in [3.05, 3.63) is 44.8 Å². The summed E-state index contributed by atoms with van der Waals surface area (Å²) in [6.45, 7) is 0.795. The van der Waals surface area contributed by atoms with Gasteiger partial charge in [0.2, 0.25) is 0 Å². The summed E-state index contributed by atoms with van der Waals surface area (Å²) in [5, 5.41) is 2.06. The molecule has 0 saturated carbocycles. The average molecular weight is 332 g/mol. The van der Waals surface area contributed by atoms with E-state index in [0.717, 1.165) is 28.0 Å². The molecule has 0 unspecified atom stereocenters. The van der Waals surface area contributed by atoms with Gasteiger partial charge in [-0.25, -0.2) is 4.98 Å². The molecule has 2 aromatic rings. The highest BCUT2D eigenvalue weighted by molar-refractivity contribution is 9.10. The minimum atomic E-state index is 0.518. The van der Waals surface area contributed by atoms with Crippen molar-refractivity contribution in [2.75, 3.05) is 11.9 Å². The average Bonchev–Trinajstić information content (AvgIpc) is 2.81. The quantitative estimate of drug-likeness (QED) is 0.777. The van der Waals surface area contributed by atoms with Gasteiger partial charge in [0, 0.05) is 28.5 Å². The monoisotopic (exact) mass is 330 g/mol. The summed E-state index contributed by atoms with van der Waals surface area (Å²) in [6, 6.07) is 6.14. The summed E-state index contributed by atoms with van der Waals surface area (Å²) in [5.41, 5.74) is 5.21. The van der Waals surface area contributed by atoms with Gasteiger partial charge in [-0.1, -0.05) is 22.0 Å². The number of halogens is 2. The zero-order valence-electron chi connectivity index (χ0n) is 9.36. The van der Waals surface area contributed by atoms with E-state index in [4.69, 9.17) is 11.6 Å². The van der Waals surface area contributed by atoms with Crippen LogP contribution in [0.25, 0.3) is 0 Å². The third kappa shape index (κ3) is 3.21. The van der Waals surface area contributed by atoms with Crippen molar-refractivity contribution < 1.29 is 0 Å². The maximum atomic E-state index is 5.95. The number of alkyl halides is 1. The Morgan fingerprint density at radius 3 is 2.94 bits per heavy atom. The van der Waals surface area contributed by atoms with Crippen LogP contribution in [-0.4, -0.2) is 12.0 Å². The molecule has 90 valence electrons. The standard InChI is InChI=1S/C12H12BrClN2S/c1-16(6-11-7-17-8-15-11)12-4-10(13)3-2-9(12)5-14/h2-4,7-8H,5-6H2,1H3. The molecular formula is C12H12BrClN2S. The Morgan fingerprint density at radius 2 is 2.29 bits per heavy atom. The van der Waals surface area contributed by atoms with Crippen LogP contribution in [0.15, 0.2) is 33.6 Å². The zero-order valence-corrected chi connectivity index (χ0v) is 12.5. The molecule has 0 bridgehead atoms. The van der Waals surface area contributed by atoms with Crippen molar-refractivity contribution in [3.63, 3.8) is 0 Å². The molecule has 5 heteroatoms. The summed E-state index contributed by atoms with van der Waals surface area (Å²) < 4.78 is 1.06. The molecule has 0 radical (unpaired) electrons. The van der Waals surface area contributed by atoms with E-state index in [-0.39, 0.29) is 0 Å². The highest BCUT2D eigenvalue weighted by atomic mass is 79.9. The maximum absolute atomic E-state index is 5.95. The van der Waals surface area contributed by atoms with Gasteiger partial charge in [0.15, 0.2) is 0 Å². The molecular weight excluding hydrogens is 320 g/mol. The number of benzene rings is 1. The van der Waals surface area contributed by atoms with Crippen LogP contribution >= 0.6 is 38.9 Å². The second-order valence-corrected chi connectivity index (χ2v) is 5.64. The molecule has 2 nitrogen and oxygen atoms in total. The van der Waals surface area contributed by atoms with Crippen molar-refractivity contribution >= 4 is 44.6 Å². The van der Waals surface area contributed by atoms with Crippen LogP contribution in [0.5, 0.6) is 0 Å². The largest absolute Gasteiger partial charge is 0.368 e. The van der Waals surface area contributed by atoms with Gasteiger partial charge in [-0.15, -0.1) is 22.9 Å². The van der Waals surface area contributed by atoms with Gasteiger partial charge in [0.1, 0.15) is 0 Å². The topological polar surface area (TPSA) is 16.1 Å². The fourth-order valence-corrected chi connectivity index (χ4v) is 2.77. The van der Waals surface area contributed by atoms with Gasteiger partial charge in [-0.05, 0) is 17.7 Å². The van der Waals surface area contributed by atoms with Gasteiger partial charge < -0.3 is 4.90 Å². The van der Waals surface area contributed by atoms with E-state index in [2.05, 4.69) is 44.3 Å². The number of aromatic nitrogens is 1. The molecule has 0 saturated heterocycles. The van der Waals surface area contributed by atoms with Crippen LogP contribution < -0.4 is 4.90 Å². The van der Waals surface area contributed by atoms with Crippen molar-refractivity contribution in [3.8, 4) is 0 Å². The number of hydrogen-bond acceptors (Lipinski definition) is 3. The Balaban J connectivity index is 2.23. The third-order valence-electron chi connectivity index (χ3n) is 2.49. The summed E-state index contributed by atoms with van der Waals surface area (Å²) >= 11 is 11.1. The first-order valence-electron chi connectivity index (χ1n) is 5.13. The molecule has 0 aliphatic heterocycles. The zero-order chi connectivity index (χ0) is 12.3. The van der Waals surface area contributed by atoms with Crippen molar-refractivity contribution in [2.24, 2.45) is 0 Å². The SMILES string of the molecule is CN(Cc1cscn1)c1cc(Br)ccc1CCl. The molecule has 0 atom stereocenters. The van der Waals surface area contributed by atoms with Crippen molar-refractivity contribution in [1.29, 1.82) is 0 Å². The molecule has 0 N–H and O–H groups in total. The summed E-state index contributed by atoms with van der Waals surface area (Å²) in [4.78, 5) is 6.46. The van der Waals surface area contributed by atoms with Crippen molar-refractivity contribution in [2.45, 2.75) is 12.4 Å². The number of anilines is 1. The lowest BCUT2D eigenvalue weighted by Crippen LogP contribution is -2.18. The predicted octanol–water partition coefficient (Wildman–Crippen LogP) is 4.28. The summed E-state index contributed by atoms with van der Waals surface area (Å²) in [5.74, 6) is 0.518. The Labute approximate surface area is 118 Å². The van der Waals surface area contributed by atoms with E-state index in [1.165, 1.54) is 0 Å². The Morgan fingerprint density at radius 1 is 1.47 bits per heavy atom. The van der Waals surface area contributed by atoms with E-state index in [1.807, 2.05) is 17.6 Å². The van der Waals surface area contributed by atoms with E-state index in [9.17, 15) is 0 Å². The molecule has 0 spiro atoms. The summed E-state index contributed by atoms with van der Waals surface area (Å²) in [6.07, 6.45) is 0. The molecule has 0 amide bonds. The maximum Gasteiger partial charge on any atom is 0.0795 e. The van der Waals surface area contributed by atoms with Crippen molar-refractivity contribution in [1.82, 2.24) is 4.98 Å². The van der Waals surface area contributed by atoms with Crippen LogP contribution in [0.2, 0.25) is 0 Å². The molecule has 0 aliphatic rings. The number of nitrogens with zero attached hydrogens (tertiary/aromatic N) is 2. The van der Waals surface area contributed by atoms with Crippen LogP contribution in [0.1, 0.15) is 11.3 Å². The first-order chi connectivity index (χ1) is 8.20. The highest BCUT2D eigenvalue weighted by Gasteiger charge is 2.09. The van der Waals surface area contributed by atoms with Gasteiger partial charge in [0.25, 0.3) is 0 Å². The third-order valence-corrected chi connectivity index (χ3v) is 3.90. The molecule has 0 fully saturated rings. The number of hydrogen-bond donors (Lipinski definition) is 0. The lowest BCUT2D eigenvalue weighted by atomic mass is 10.2. The van der Waals surface area contributed by atoms with Gasteiger partial charge in [-0.3, -0.25) is 0 Å². The molecule has 17 heavy (non-hydrogen) atoms. The Hall–Kier alpha value is -0.580. The Bertz CT molecular complexity index is 487. The summed E-state index contributed by atoms with van der Waals surface area (Å²) in [7, 11) is 2.05. The lowest BCUT2D eigenvalue weighted by Gasteiger charge is -2.21. The second-order valence-electron chi connectivity index (χ2n) is 3.74.